The molecule has 1 aliphatic carbocycles. The third kappa shape index (κ3) is 2.58. The molecule has 0 spiro atoms. The van der Waals surface area contributed by atoms with Gasteiger partial charge in [0.15, 0.2) is 0 Å². The van der Waals surface area contributed by atoms with E-state index in [2.05, 4.69) is 25.2 Å². The van der Waals surface area contributed by atoms with Gasteiger partial charge in [0.25, 0.3) is 5.91 Å². The molecule has 2 heteroatoms. The van der Waals surface area contributed by atoms with Crippen molar-refractivity contribution in [2.24, 2.45) is 0 Å². The summed E-state index contributed by atoms with van der Waals surface area (Å²) in [5, 5.41) is 3.00. The van der Waals surface area contributed by atoms with E-state index in [0.717, 1.165) is 18.4 Å². The molecule has 0 bridgehead atoms. The first-order valence-electron chi connectivity index (χ1n) is 5.57. The van der Waals surface area contributed by atoms with E-state index < -0.39 is 0 Å². The molecule has 0 aromatic heterocycles. The monoisotopic (exact) mass is 203 g/mol. The summed E-state index contributed by atoms with van der Waals surface area (Å²) < 4.78 is 0. The number of benzene rings is 1. The van der Waals surface area contributed by atoms with Crippen LogP contribution in [0.15, 0.2) is 24.3 Å². The molecule has 1 N–H and O–H groups in total. The number of rotatable bonds is 3. The molecule has 15 heavy (non-hydrogen) atoms. The second-order valence-electron chi connectivity index (χ2n) is 4.53. The van der Waals surface area contributed by atoms with Gasteiger partial charge in [0.2, 0.25) is 0 Å². The number of carbonyl (C=O) groups excluding carboxylic acids is 1. The molecule has 1 amide bonds. The van der Waals surface area contributed by atoms with E-state index in [9.17, 15) is 4.79 Å². The third-order valence-corrected chi connectivity index (χ3v) is 2.73. The number of carbonyl (C=O) groups is 1. The molecule has 1 aromatic carbocycles. The summed E-state index contributed by atoms with van der Waals surface area (Å²) in [4.78, 5) is 11.8. The molecule has 0 radical (unpaired) electrons. The van der Waals surface area contributed by atoms with E-state index in [0.29, 0.717) is 12.0 Å². The molecule has 1 aliphatic rings. The molecule has 0 heterocycles. The van der Waals surface area contributed by atoms with Crippen LogP contribution >= 0.6 is 0 Å². The zero-order chi connectivity index (χ0) is 10.8. The Kier molecular flexibility index (Phi) is 2.76. The molecular formula is C13H17NO. The maximum atomic E-state index is 11.8. The van der Waals surface area contributed by atoms with Gasteiger partial charge in [-0.05, 0) is 36.5 Å². The second kappa shape index (κ2) is 4.05. The summed E-state index contributed by atoms with van der Waals surface area (Å²) in [7, 11) is 0. The quantitative estimate of drug-likeness (QED) is 0.804. The lowest BCUT2D eigenvalue weighted by Gasteiger charge is -2.08. The Morgan fingerprint density at radius 2 is 2.13 bits per heavy atom. The highest BCUT2D eigenvalue weighted by Gasteiger charge is 2.23. The van der Waals surface area contributed by atoms with Crippen molar-refractivity contribution in [3.63, 3.8) is 0 Å². The maximum absolute atomic E-state index is 11.8. The van der Waals surface area contributed by atoms with E-state index in [1.807, 2.05) is 18.2 Å². The maximum Gasteiger partial charge on any atom is 0.251 e. The van der Waals surface area contributed by atoms with Crippen molar-refractivity contribution in [3.05, 3.63) is 35.4 Å². The largest absolute Gasteiger partial charge is 0.349 e. The molecule has 1 saturated carbocycles. The van der Waals surface area contributed by atoms with E-state index in [1.54, 1.807) is 0 Å². The molecular weight excluding hydrogens is 186 g/mol. The summed E-state index contributed by atoms with van der Waals surface area (Å²) in [6.07, 6.45) is 2.27. The van der Waals surface area contributed by atoms with Gasteiger partial charge in [-0.1, -0.05) is 26.0 Å². The van der Waals surface area contributed by atoms with Crippen molar-refractivity contribution in [2.45, 2.75) is 38.6 Å². The Morgan fingerprint density at radius 3 is 2.73 bits per heavy atom. The minimum atomic E-state index is 0.0694. The van der Waals surface area contributed by atoms with Gasteiger partial charge in [-0.25, -0.2) is 0 Å². The van der Waals surface area contributed by atoms with Crippen LogP contribution in [0.1, 0.15) is 48.5 Å². The predicted octanol–water partition coefficient (Wildman–Crippen LogP) is 2.70. The van der Waals surface area contributed by atoms with Crippen LogP contribution in [0.5, 0.6) is 0 Å². The van der Waals surface area contributed by atoms with Crippen molar-refractivity contribution in [2.75, 3.05) is 0 Å². The number of amides is 1. The van der Waals surface area contributed by atoms with Crippen molar-refractivity contribution in [1.82, 2.24) is 5.32 Å². The summed E-state index contributed by atoms with van der Waals surface area (Å²) in [5.41, 5.74) is 2.01. The van der Waals surface area contributed by atoms with Crippen molar-refractivity contribution >= 4 is 5.91 Å². The first-order chi connectivity index (χ1) is 7.16. The van der Waals surface area contributed by atoms with Crippen LogP contribution in [0.4, 0.5) is 0 Å². The van der Waals surface area contributed by atoms with Gasteiger partial charge in [0.1, 0.15) is 0 Å². The predicted molar refractivity (Wildman–Crippen MR) is 61.0 cm³/mol. The Morgan fingerprint density at radius 1 is 1.40 bits per heavy atom. The Bertz CT molecular complexity index is 367. The van der Waals surface area contributed by atoms with Gasteiger partial charge in [0.05, 0.1) is 0 Å². The molecule has 1 fully saturated rings. The lowest BCUT2D eigenvalue weighted by molar-refractivity contribution is 0.0951. The molecule has 0 atom stereocenters. The van der Waals surface area contributed by atoms with Crippen molar-refractivity contribution < 1.29 is 4.79 Å². The molecule has 0 saturated heterocycles. The van der Waals surface area contributed by atoms with Crippen LogP contribution in [0, 0.1) is 0 Å². The zero-order valence-electron chi connectivity index (χ0n) is 9.29. The van der Waals surface area contributed by atoms with Crippen molar-refractivity contribution in [1.29, 1.82) is 0 Å². The van der Waals surface area contributed by atoms with Crippen LogP contribution in [0.25, 0.3) is 0 Å². The normalized spacial score (nSPS) is 15.4. The number of hydrogen-bond donors (Lipinski definition) is 1. The van der Waals surface area contributed by atoms with Crippen LogP contribution in [0.2, 0.25) is 0 Å². The molecule has 1 aromatic rings. The summed E-state index contributed by atoms with van der Waals surface area (Å²) in [6.45, 7) is 4.27. The van der Waals surface area contributed by atoms with Crippen LogP contribution in [-0.2, 0) is 0 Å². The number of hydrogen-bond acceptors (Lipinski definition) is 1. The van der Waals surface area contributed by atoms with E-state index >= 15 is 0 Å². The summed E-state index contributed by atoms with van der Waals surface area (Å²) in [6, 6.07) is 8.32. The van der Waals surface area contributed by atoms with Crippen LogP contribution in [-0.4, -0.2) is 11.9 Å². The Hall–Kier alpha value is -1.31. The summed E-state index contributed by atoms with van der Waals surface area (Å²) >= 11 is 0. The summed E-state index contributed by atoms with van der Waals surface area (Å²) in [5.74, 6) is 0.540. The van der Waals surface area contributed by atoms with Gasteiger partial charge >= 0.3 is 0 Å². The lowest BCUT2D eigenvalue weighted by atomic mass is 10.0. The zero-order valence-corrected chi connectivity index (χ0v) is 9.29. The minimum Gasteiger partial charge on any atom is -0.349 e. The highest BCUT2D eigenvalue weighted by Crippen LogP contribution is 2.20. The van der Waals surface area contributed by atoms with Gasteiger partial charge in [-0.15, -0.1) is 0 Å². The standard InChI is InChI=1S/C13H17NO/c1-9(2)10-4-3-5-11(8-10)13(15)14-12-6-7-12/h3-5,8-9,12H,6-7H2,1-2H3,(H,14,15). The fourth-order valence-corrected chi connectivity index (χ4v) is 1.54. The van der Waals surface area contributed by atoms with E-state index in [-0.39, 0.29) is 5.91 Å². The fourth-order valence-electron chi connectivity index (χ4n) is 1.54. The first kappa shape index (κ1) is 10.2. The molecule has 2 nitrogen and oxygen atoms in total. The van der Waals surface area contributed by atoms with E-state index in [4.69, 9.17) is 0 Å². The van der Waals surface area contributed by atoms with E-state index in [1.165, 1.54) is 5.56 Å². The highest BCUT2D eigenvalue weighted by atomic mass is 16.1. The van der Waals surface area contributed by atoms with Gasteiger partial charge in [0, 0.05) is 11.6 Å². The molecule has 80 valence electrons. The smallest absolute Gasteiger partial charge is 0.251 e. The van der Waals surface area contributed by atoms with Crippen LogP contribution in [0.3, 0.4) is 0 Å². The fraction of sp³-hybridized carbons (Fsp3) is 0.462. The van der Waals surface area contributed by atoms with Gasteiger partial charge in [-0.2, -0.15) is 0 Å². The minimum absolute atomic E-state index is 0.0694. The Labute approximate surface area is 90.7 Å². The molecule has 2 rings (SSSR count). The average Bonchev–Trinajstić information content (AvgIpc) is 3.02. The SMILES string of the molecule is CC(C)c1cccc(C(=O)NC2CC2)c1. The number of nitrogens with one attached hydrogen (secondary N) is 1. The average molecular weight is 203 g/mol. The molecule has 0 unspecified atom stereocenters. The molecule has 0 aliphatic heterocycles. The Balaban J connectivity index is 2.12. The lowest BCUT2D eigenvalue weighted by Crippen LogP contribution is -2.25. The second-order valence-corrected chi connectivity index (χ2v) is 4.53. The van der Waals surface area contributed by atoms with Gasteiger partial charge in [-0.3, -0.25) is 4.79 Å². The van der Waals surface area contributed by atoms with Gasteiger partial charge < -0.3 is 5.32 Å². The third-order valence-electron chi connectivity index (χ3n) is 2.73. The topological polar surface area (TPSA) is 29.1 Å². The first-order valence-corrected chi connectivity index (χ1v) is 5.57. The van der Waals surface area contributed by atoms with Crippen LogP contribution < -0.4 is 5.32 Å². The van der Waals surface area contributed by atoms with Crippen molar-refractivity contribution in [3.8, 4) is 0 Å². The highest BCUT2D eigenvalue weighted by molar-refractivity contribution is 5.94.